The summed E-state index contributed by atoms with van der Waals surface area (Å²) in [5, 5.41) is 0.951. The van der Waals surface area contributed by atoms with Crippen LogP contribution < -0.4 is 0 Å². The van der Waals surface area contributed by atoms with Gasteiger partial charge in [0.2, 0.25) is 0 Å². The Morgan fingerprint density at radius 3 is 2.44 bits per heavy atom. The van der Waals surface area contributed by atoms with Gasteiger partial charge in [0, 0.05) is 10.7 Å². The van der Waals surface area contributed by atoms with Gasteiger partial charge in [0.05, 0.1) is 0 Å². The van der Waals surface area contributed by atoms with Crippen molar-refractivity contribution in [2.75, 3.05) is 0 Å². The van der Waals surface area contributed by atoms with E-state index in [9.17, 15) is 0 Å². The minimum absolute atomic E-state index is 0.382. The summed E-state index contributed by atoms with van der Waals surface area (Å²) in [5.41, 5.74) is 0.590. The lowest BCUT2D eigenvalue weighted by molar-refractivity contribution is 1.27. The van der Waals surface area contributed by atoms with Crippen LogP contribution in [0.3, 0.4) is 0 Å². The monoisotopic (exact) mass is 160 g/mol. The lowest BCUT2D eigenvalue weighted by Gasteiger charge is -1.92. The van der Waals surface area contributed by atoms with Gasteiger partial charge >= 0.3 is 0 Å². The molecule has 0 bridgehead atoms. The first kappa shape index (κ1) is 6.84. The van der Waals surface area contributed by atoms with Gasteiger partial charge in [-0.2, -0.15) is 0 Å². The van der Waals surface area contributed by atoms with Crippen LogP contribution in [0.5, 0.6) is 0 Å². The van der Waals surface area contributed by atoms with E-state index < -0.39 is 0 Å². The number of aromatic nitrogens is 1. The molecule has 0 unspecified atom stereocenters. The zero-order chi connectivity index (χ0) is 6.85. The molecule has 0 spiro atoms. The standard InChI is InChI=1S/C6H4Cl2N/c1-4-2-5(7)3-6(8)9-4/h2-3H,1H2. The second kappa shape index (κ2) is 2.54. The molecule has 1 radical (unpaired) electrons. The summed E-state index contributed by atoms with van der Waals surface area (Å²) >= 11 is 11.1. The van der Waals surface area contributed by atoms with Gasteiger partial charge in [0.15, 0.2) is 0 Å². The van der Waals surface area contributed by atoms with Crippen LogP contribution in [0, 0.1) is 6.92 Å². The normalized spacial score (nSPS) is 9.67. The molecule has 0 fully saturated rings. The minimum Gasteiger partial charge on any atom is -0.241 e. The molecule has 0 aromatic carbocycles. The van der Waals surface area contributed by atoms with Crippen molar-refractivity contribution in [2.45, 2.75) is 0 Å². The highest BCUT2D eigenvalue weighted by Crippen LogP contribution is 2.14. The Morgan fingerprint density at radius 2 is 2.00 bits per heavy atom. The van der Waals surface area contributed by atoms with E-state index >= 15 is 0 Å². The fraction of sp³-hybridized carbons (Fsp3) is 0. The molecule has 47 valence electrons. The van der Waals surface area contributed by atoms with Gasteiger partial charge in [-0.1, -0.05) is 23.2 Å². The van der Waals surface area contributed by atoms with Gasteiger partial charge < -0.3 is 0 Å². The average molecular weight is 161 g/mol. The molecule has 0 atom stereocenters. The Hall–Kier alpha value is -0.270. The predicted octanol–water partition coefficient (Wildman–Crippen LogP) is 2.57. The third kappa shape index (κ3) is 1.84. The van der Waals surface area contributed by atoms with Crippen molar-refractivity contribution < 1.29 is 0 Å². The van der Waals surface area contributed by atoms with Crippen molar-refractivity contribution in [1.29, 1.82) is 0 Å². The molecule has 0 aliphatic rings. The van der Waals surface area contributed by atoms with Gasteiger partial charge in [0.25, 0.3) is 0 Å². The molecule has 1 rings (SSSR count). The van der Waals surface area contributed by atoms with E-state index in [1.165, 1.54) is 0 Å². The SMILES string of the molecule is [CH2]c1cc(Cl)cc(Cl)n1. The number of nitrogens with zero attached hydrogens (tertiary/aromatic N) is 1. The molecule has 1 aromatic heterocycles. The fourth-order valence-corrected chi connectivity index (χ4v) is 1.03. The average Bonchev–Trinajstić information content (AvgIpc) is 1.59. The Labute approximate surface area is 63.6 Å². The topological polar surface area (TPSA) is 12.9 Å². The molecule has 0 saturated carbocycles. The van der Waals surface area contributed by atoms with Crippen LogP contribution >= 0.6 is 23.2 Å². The summed E-state index contributed by atoms with van der Waals surface area (Å²) in [6.45, 7) is 3.56. The van der Waals surface area contributed by atoms with E-state index in [0.717, 1.165) is 0 Å². The smallest absolute Gasteiger partial charge is 0.130 e. The predicted molar refractivity (Wildman–Crippen MR) is 38.7 cm³/mol. The fourth-order valence-electron chi connectivity index (χ4n) is 0.516. The molecule has 0 aliphatic carbocycles. The summed E-state index contributed by atoms with van der Waals surface area (Å²) in [7, 11) is 0. The van der Waals surface area contributed by atoms with Crippen LogP contribution in [0.25, 0.3) is 0 Å². The van der Waals surface area contributed by atoms with E-state index in [1.807, 2.05) is 0 Å². The number of hydrogen-bond acceptors (Lipinski definition) is 1. The molecule has 0 aliphatic heterocycles. The van der Waals surface area contributed by atoms with Crippen molar-refractivity contribution in [2.24, 2.45) is 0 Å². The first-order valence-electron chi connectivity index (χ1n) is 2.33. The number of hydrogen-bond donors (Lipinski definition) is 0. The van der Waals surface area contributed by atoms with Gasteiger partial charge in [0.1, 0.15) is 5.15 Å². The van der Waals surface area contributed by atoms with Crippen molar-refractivity contribution >= 4 is 23.2 Å². The van der Waals surface area contributed by atoms with Crippen LogP contribution in [0.2, 0.25) is 10.2 Å². The van der Waals surface area contributed by atoms with E-state index in [-0.39, 0.29) is 0 Å². The first-order chi connectivity index (χ1) is 4.18. The lowest BCUT2D eigenvalue weighted by Crippen LogP contribution is -1.79. The molecule has 1 heterocycles. The molecule has 0 amide bonds. The highest BCUT2D eigenvalue weighted by atomic mass is 35.5. The minimum atomic E-state index is 0.382. The summed E-state index contributed by atoms with van der Waals surface area (Å²) in [6.07, 6.45) is 0. The number of pyridine rings is 1. The summed E-state index contributed by atoms with van der Waals surface area (Å²) < 4.78 is 0. The molecule has 9 heavy (non-hydrogen) atoms. The molecular weight excluding hydrogens is 157 g/mol. The van der Waals surface area contributed by atoms with E-state index in [2.05, 4.69) is 11.9 Å². The molecule has 0 N–H and O–H groups in total. The van der Waals surface area contributed by atoms with Crippen molar-refractivity contribution in [3.63, 3.8) is 0 Å². The van der Waals surface area contributed by atoms with Crippen LogP contribution in [0.15, 0.2) is 12.1 Å². The summed E-state index contributed by atoms with van der Waals surface area (Å²) in [5.74, 6) is 0. The van der Waals surface area contributed by atoms with Crippen molar-refractivity contribution in [3.8, 4) is 0 Å². The van der Waals surface area contributed by atoms with Crippen molar-refractivity contribution in [3.05, 3.63) is 34.9 Å². The zero-order valence-corrected chi connectivity index (χ0v) is 6.08. The number of halogens is 2. The van der Waals surface area contributed by atoms with Gasteiger partial charge in [-0.15, -0.1) is 0 Å². The van der Waals surface area contributed by atoms with Crippen LogP contribution in [-0.4, -0.2) is 4.98 Å². The zero-order valence-electron chi connectivity index (χ0n) is 4.56. The maximum atomic E-state index is 5.59. The van der Waals surface area contributed by atoms with E-state index in [4.69, 9.17) is 23.2 Å². The van der Waals surface area contributed by atoms with E-state index in [1.54, 1.807) is 12.1 Å². The van der Waals surface area contributed by atoms with Gasteiger partial charge in [-0.3, -0.25) is 0 Å². The molecular formula is C6H4Cl2N. The largest absolute Gasteiger partial charge is 0.241 e. The van der Waals surface area contributed by atoms with Gasteiger partial charge in [-0.25, -0.2) is 4.98 Å². The highest BCUT2D eigenvalue weighted by Gasteiger charge is 1.92. The molecule has 1 nitrogen and oxygen atoms in total. The lowest BCUT2D eigenvalue weighted by atomic mass is 10.4. The summed E-state index contributed by atoms with van der Waals surface area (Å²) in [4.78, 5) is 3.80. The van der Waals surface area contributed by atoms with Crippen LogP contribution in [0.4, 0.5) is 0 Å². The van der Waals surface area contributed by atoms with Crippen LogP contribution in [-0.2, 0) is 0 Å². The Kier molecular flexibility index (Phi) is 1.94. The quantitative estimate of drug-likeness (QED) is 0.532. The third-order valence-electron chi connectivity index (χ3n) is 0.812. The van der Waals surface area contributed by atoms with Gasteiger partial charge in [-0.05, 0) is 19.1 Å². The Balaban J connectivity index is 3.17. The third-order valence-corrected chi connectivity index (χ3v) is 1.22. The molecule has 3 heteroatoms. The highest BCUT2D eigenvalue weighted by molar-refractivity contribution is 6.33. The maximum absolute atomic E-state index is 5.59. The van der Waals surface area contributed by atoms with Crippen molar-refractivity contribution in [1.82, 2.24) is 4.98 Å². The van der Waals surface area contributed by atoms with Crippen LogP contribution in [0.1, 0.15) is 5.69 Å². The Bertz CT molecular complexity index is 172. The summed E-state index contributed by atoms with van der Waals surface area (Å²) in [6, 6.07) is 3.21. The second-order valence-corrected chi connectivity index (χ2v) is 2.42. The maximum Gasteiger partial charge on any atom is 0.130 e. The molecule has 0 saturated heterocycles. The Morgan fingerprint density at radius 1 is 1.33 bits per heavy atom. The first-order valence-corrected chi connectivity index (χ1v) is 3.09. The molecule has 1 aromatic rings. The van der Waals surface area contributed by atoms with E-state index in [0.29, 0.717) is 15.9 Å². The number of rotatable bonds is 0. The second-order valence-electron chi connectivity index (χ2n) is 1.60.